The van der Waals surface area contributed by atoms with Crippen molar-refractivity contribution in [3.63, 3.8) is 0 Å². The van der Waals surface area contributed by atoms with Gasteiger partial charge in [-0.15, -0.1) is 0 Å². The van der Waals surface area contributed by atoms with Gasteiger partial charge in [-0.05, 0) is 25.1 Å². The number of hydrogen-bond donors (Lipinski definition) is 2. The molecule has 2 aliphatic heterocycles. The first kappa shape index (κ1) is 14.4. The Morgan fingerprint density at radius 3 is 3.10 bits per heavy atom. The van der Waals surface area contributed by atoms with Crippen LogP contribution in [0.4, 0.5) is 11.4 Å². The number of anilines is 2. The molecule has 2 N–H and O–H groups in total. The van der Waals surface area contributed by atoms with E-state index in [-0.39, 0.29) is 11.9 Å². The minimum atomic E-state index is -0.209. The van der Waals surface area contributed by atoms with Crippen LogP contribution in [0.5, 0.6) is 0 Å². The summed E-state index contributed by atoms with van der Waals surface area (Å²) in [6.45, 7) is 5.69. The third-order valence-electron chi connectivity index (χ3n) is 4.33. The van der Waals surface area contributed by atoms with E-state index < -0.39 is 0 Å². The average Bonchev–Trinajstić information content (AvgIpc) is 3.05. The molecular weight excluding hydrogens is 266 g/mol. The van der Waals surface area contributed by atoms with Crippen molar-refractivity contribution in [1.82, 2.24) is 5.32 Å². The number of carbonyl (C=O) groups excluding carboxylic acids is 1. The van der Waals surface area contributed by atoms with E-state index in [1.54, 1.807) is 7.11 Å². The summed E-state index contributed by atoms with van der Waals surface area (Å²) in [4.78, 5) is 14.4. The molecule has 21 heavy (non-hydrogen) atoms. The molecule has 3 rings (SSSR count). The van der Waals surface area contributed by atoms with Crippen molar-refractivity contribution in [2.75, 3.05) is 43.6 Å². The monoisotopic (exact) mass is 289 g/mol. The Labute approximate surface area is 125 Å². The van der Waals surface area contributed by atoms with Crippen LogP contribution in [-0.4, -0.2) is 39.3 Å². The van der Waals surface area contributed by atoms with E-state index >= 15 is 0 Å². The number of rotatable bonds is 5. The smallest absolute Gasteiger partial charge is 0.246 e. The van der Waals surface area contributed by atoms with Gasteiger partial charge in [-0.3, -0.25) is 4.79 Å². The number of likely N-dealkylation sites (N-methyl/N-ethyl adjacent to an activating group) is 1. The first-order valence-corrected chi connectivity index (χ1v) is 7.65. The maximum Gasteiger partial charge on any atom is 0.246 e. The molecule has 1 saturated heterocycles. The van der Waals surface area contributed by atoms with Crippen LogP contribution in [0.15, 0.2) is 18.2 Å². The summed E-state index contributed by atoms with van der Waals surface area (Å²) in [7, 11) is 1.76. The van der Waals surface area contributed by atoms with Gasteiger partial charge >= 0.3 is 0 Å². The van der Waals surface area contributed by atoms with Crippen molar-refractivity contribution in [3.05, 3.63) is 23.8 Å². The standard InChI is InChI=1S/C16H23N3O2/c1-3-17-15-13-5-4-12(8-14(13)18-16(15)20)19-7-6-11(9-19)10-21-2/h4-5,8,11,15,17H,3,6-7,9-10H2,1-2H3,(H,18,20). The summed E-state index contributed by atoms with van der Waals surface area (Å²) in [6, 6.07) is 6.08. The van der Waals surface area contributed by atoms with E-state index in [0.29, 0.717) is 5.92 Å². The molecule has 1 amide bonds. The van der Waals surface area contributed by atoms with Gasteiger partial charge in [0.15, 0.2) is 0 Å². The molecule has 1 aromatic rings. The van der Waals surface area contributed by atoms with Crippen LogP contribution in [0.25, 0.3) is 0 Å². The van der Waals surface area contributed by atoms with Gasteiger partial charge in [-0.25, -0.2) is 0 Å². The van der Waals surface area contributed by atoms with Crippen LogP contribution in [0.3, 0.4) is 0 Å². The first-order chi connectivity index (χ1) is 10.2. The molecule has 0 saturated carbocycles. The van der Waals surface area contributed by atoms with E-state index in [4.69, 9.17) is 4.74 Å². The predicted molar refractivity (Wildman–Crippen MR) is 83.7 cm³/mol. The molecule has 0 spiro atoms. The zero-order valence-electron chi connectivity index (χ0n) is 12.7. The van der Waals surface area contributed by atoms with Crippen LogP contribution >= 0.6 is 0 Å². The number of carbonyl (C=O) groups is 1. The first-order valence-electron chi connectivity index (χ1n) is 7.65. The Balaban J connectivity index is 1.76. The molecule has 0 bridgehead atoms. The van der Waals surface area contributed by atoms with Crippen LogP contribution in [0.1, 0.15) is 24.9 Å². The van der Waals surface area contributed by atoms with Gasteiger partial charge in [0, 0.05) is 43.1 Å². The van der Waals surface area contributed by atoms with E-state index in [0.717, 1.165) is 43.9 Å². The highest BCUT2D eigenvalue weighted by molar-refractivity contribution is 6.03. The summed E-state index contributed by atoms with van der Waals surface area (Å²) in [5.74, 6) is 0.648. The van der Waals surface area contributed by atoms with Gasteiger partial charge in [0.2, 0.25) is 5.91 Å². The molecule has 2 atom stereocenters. The molecule has 5 heteroatoms. The fourth-order valence-electron chi connectivity index (χ4n) is 3.29. The van der Waals surface area contributed by atoms with Gasteiger partial charge in [-0.2, -0.15) is 0 Å². The molecule has 0 radical (unpaired) electrons. The second-order valence-corrected chi connectivity index (χ2v) is 5.81. The summed E-state index contributed by atoms with van der Waals surface area (Å²) in [5.41, 5.74) is 3.18. The zero-order chi connectivity index (χ0) is 14.8. The Morgan fingerprint density at radius 2 is 2.33 bits per heavy atom. The number of hydrogen-bond acceptors (Lipinski definition) is 4. The SMILES string of the molecule is CCNC1C(=O)Nc2cc(N3CCC(COC)C3)ccc21. The molecule has 2 heterocycles. The molecule has 5 nitrogen and oxygen atoms in total. The summed E-state index contributed by atoms with van der Waals surface area (Å²) >= 11 is 0. The summed E-state index contributed by atoms with van der Waals surface area (Å²) in [5, 5.41) is 6.20. The molecule has 0 aromatic heterocycles. The topological polar surface area (TPSA) is 53.6 Å². The highest BCUT2D eigenvalue weighted by atomic mass is 16.5. The lowest BCUT2D eigenvalue weighted by Crippen LogP contribution is -2.27. The van der Waals surface area contributed by atoms with Gasteiger partial charge < -0.3 is 20.3 Å². The van der Waals surface area contributed by atoms with E-state index in [1.165, 1.54) is 5.69 Å². The Kier molecular flexibility index (Phi) is 4.12. The van der Waals surface area contributed by atoms with Crippen LogP contribution in [0, 0.1) is 5.92 Å². The largest absolute Gasteiger partial charge is 0.384 e. The number of ether oxygens (including phenoxy) is 1. The lowest BCUT2D eigenvalue weighted by atomic mass is 10.1. The molecular formula is C16H23N3O2. The van der Waals surface area contributed by atoms with Crippen molar-refractivity contribution >= 4 is 17.3 Å². The summed E-state index contributed by atoms with van der Waals surface area (Å²) in [6.07, 6.45) is 1.16. The van der Waals surface area contributed by atoms with Crippen molar-refractivity contribution in [1.29, 1.82) is 0 Å². The highest BCUT2D eigenvalue weighted by Gasteiger charge is 2.31. The van der Waals surface area contributed by atoms with Crippen LogP contribution < -0.4 is 15.5 Å². The van der Waals surface area contributed by atoms with Gasteiger partial charge in [-0.1, -0.05) is 13.0 Å². The maximum absolute atomic E-state index is 12.0. The van der Waals surface area contributed by atoms with Crippen LogP contribution in [-0.2, 0) is 9.53 Å². The van der Waals surface area contributed by atoms with Crippen molar-refractivity contribution < 1.29 is 9.53 Å². The Bertz CT molecular complexity index is 532. The molecule has 1 fully saturated rings. The van der Waals surface area contributed by atoms with E-state index in [9.17, 15) is 4.79 Å². The molecule has 114 valence electrons. The van der Waals surface area contributed by atoms with Crippen molar-refractivity contribution in [2.45, 2.75) is 19.4 Å². The quantitative estimate of drug-likeness (QED) is 0.867. The minimum absolute atomic E-state index is 0.0441. The number of methoxy groups -OCH3 is 1. The number of benzene rings is 1. The average molecular weight is 289 g/mol. The number of amides is 1. The van der Waals surface area contributed by atoms with Gasteiger partial charge in [0.25, 0.3) is 0 Å². The van der Waals surface area contributed by atoms with Crippen molar-refractivity contribution in [2.24, 2.45) is 5.92 Å². The predicted octanol–water partition coefficient (Wildman–Crippen LogP) is 1.76. The maximum atomic E-state index is 12.0. The van der Waals surface area contributed by atoms with Crippen molar-refractivity contribution in [3.8, 4) is 0 Å². The Morgan fingerprint density at radius 1 is 1.48 bits per heavy atom. The normalized spacial score (nSPS) is 24.3. The Hall–Kier alpha value is -1.59. The fraction of sp³-hybridized carbons (Fsp3) is 0.562. The van der Waals surface area contributed by atoms with Gasteiger partial charge in [0.1, 0.15) is 6.04 Å². The molecule has 1 aromatic carbocycles. The molecule has 2 unspecified atom stereocenters. The minimum Gasteiger partial charge on any atom is -0.384 e. The van der Waals surface area contributed by atoms with Gasteiger partial charge in [0.05, 0.1) is 6.61 Å². The summed E-state index contributed by atoms with van der Waals surface area (Å²) < 4.78 is 5.25. The highest BCUT2D eigenvalue weighted by Crippen LogP contribution is 2.35. The second-order valence-electron chi connectivity index (χ2n) is 5.81. The number of nitrogens with zero attached hydrogens (tertiary/aromatic N) is 1. The van der Waals surface area contributed by atoms with E-state index in [1.807, 2.05) is 6.92 Å². The third-order valence-corrected chi connectivity index (χ3v) is 4.33. The number of nitrogens with one attached hydrogen (secondary N) is 2. The number of fused-ring (bicyclic) bond motifs is 1. The fourth-order valence-corrected chi connectivity index (χ4v) is 3.29. The zero-order valence-corrected chi connectivity index (χ0v) is 12.7. The second kappa shape index (κ2) is 6.03. The third kappa shape index (κ3) is 2.76. The van der Waals surface area contributed by atoms with Crippen LogP contribution in [0.2, 0.25) is 0 Å². The lowest BCUT2D eigenvalue weighted by molar-refractivity contribution is -0.117. The van der Waals surface area contributed by atoms with E-state index in [2.05, 4.69) is 33.7 Å². The lowest BCUT2D eigenvalue weighted by Gasteiger charge is -2.20. The molecule has 0 aliphatic carbocycles. The molecule has 2 aliphatic rings.